The van der Waals surface area contributed by atoms with Crippen molar-refractivity contribution in [2.24, 2.45) is 4.99 Å². The summed E-state index contributed by atoms with van der Waals surface area (Å²) < 4.78 is 0. The SMILES string of the molecule is CN1C=C(c2ccc(-c3cc(-c4ccc(-c5cccc6c5C=CCC6)cc4)cc4c3N=C(c3ccc(-c5ccccc5)cc3)C4)cc2)C=CC1. The van der Waals surface area contributed by atoms with Gasteiger partial charge in [0.25, 0.3) is 0 Å². The van der Waals surface area contributed by atoms with Crippen molar-refractivity contribution >= 4 is 23.0 Å². The molecule has 0 saturated heterocycles. The highest BCUT2D eigenvalue weighted by molar-refractivity contribution is 6.09. The van der Waals surface area contributed by atoms with Crippen LogP contribution in [0.4, 0.5) is 5.69 Å². The van der Waals surface area contributed by atoms with Crippen molar-refractivity contribution in [1.82, 2.24) is 4.90 Å². The molecule has 240 valence electrons. The molecule has 0 spiro atoms. The van der Waals surface area contributed by atoms with Crippen molar-refractivity contribution in [3.8, 4) is 44.5 Å². The molecule has 2 aliphatic heterocycles. The fourth-order valence-corrected chi connectivity index (χ4v) is 7.61. The number of likely N-dealkylation sites (N-methyl/N-ethyl adjacent to an activating group) is 1. The number of allylic oxidation sites excluding steroid dienone is 3. The molecule has 0 aromatic heterocycles. The van der Waals surface area contributed by atoms with Crippen LogP contribution in [-0.4, -0.2) is 24.2 Å². The van der Waals surface area contributed by atoms with E-state index in [1.807, 2.05) is 0 Å². The van der Waals surface area contributed by atoms with E-state index < -0.39 is 0 Å². The predicted molar refractivity (Wildman–Crippen MR) is 212 cm³/mol. The van der Waals surface area contributed by atoms with E-state index in [9.17, 15) is 0 Å². The van der Waals surface area contributed by atoms with Crippen LogP contribution in [0.3, 0.4) is 0 Å². The van der Waals surface area contributed by atoms with Crippen molar-refractivity contribution in [3.05, 3.63) is 186 Å². The number of benzene rings is 6. The van der Waals surface area contributed by atoms with Crippen LogP contribution in [0, 0.1) is 0 Å². The number of aliphatic imine (C=N–C) groups is 1. The first-order chi connectivity index (χ1) is 24.7. The molecule has 0 atom stereocenters. The molecule has 0 bridgehead atoms. The van der Waals surface area contributed by atoms with Crippen molar-refractivity contribution in [3.63, 3.8) is 0 Å². The number of hydrogen-bond donors (Lipinski definition) is 0. The molecule has 0 N–H and O–H groups in total. The summed E-state index contributed by atoms with van der Waals surface area (Å²) in [4.78, 5) is 7.55. The number of aryl methyl sites for hydroxylation is 1. The van der Waals surface area contributed by atoms with Gasteiger partial charge in [-0.05, 0) is 97.3 Å². The van der Waals surface area contributed by atoms with Crippen LogP contribution in [0.15, 0.2) is 163 Å². The molecule has 3 aliphatic rings. The van der Waals surface area contributed by atoms with Gasteiger partial charge in [-0.1, -0.05) is 146 Å². The van der Waals surface area contributed by atoms with Crippen LogP contribution in [0.2, 0.25) is 0 Å². The largest absolute Gasteiger partial charge is 0.376 e. The Hall–Kier alpha value is -5.99. The topological polar surface area (TPSA) is 15.6 Å². The number of hydrogen-bond acceptors (Lipinski definition) is 2. The van der Waals surface area contributed by atoms with Gasteiger partial charge in [0.2, 0.25) is 0 Å². The summed E-state index contributed by atoms with van der Waals surface area (Å²) in [5, 5.41) is 0. The Morgan fingerprint density at radius 1 is 0.520 bits per heavy atom. The molecule has 2 heteroatoms. The van der Waals surface area contributed by atoms with Crippen LogP contribution in [-0.2, 0) is 12.8 Å². The van der Waals surface area contributed by atoms with Crippen LogP contribution < -0.4 is 0 Å². The maximum atomic E-state index is 5.33. The van der Waals surface area contributed by atoms with Gasteiger partial charge in [-0.2, -0.15) is 0 Å². The lowest BCUT2D eigenvalue weighted by molar-refractivity contribution is 0.507. The van der Waals surface area contributed by atoms with Gasteiger partial charge in [0.05, 0.1) is 11.4 Å². The van der Waals surface area contributed by atoms with E-state index in [0.717, 1.165) is 37.2 Å². The molecule has 0 unspecified atom stereocenters. The molecule has 1 aliphatic carbocycles. The van der Waals surface area contributed by atoms with Crippen LogP contribution in [0.5, 0.6) is 0 Å². The zero-order chi connectivity index (χ0) is 33.4. The third-order valence-electron chi connectivity index (χ3n) is 10.3. The van der Waals surface area contributed by atoms with Crippen LogP contribution in [0.25, 0.3) is 56.2 Å². The smallest absolute Gasteiger partial charge is 0.0748 e. The lowest BCUT2D eigenvalue weighted by Crippen LogP contribution is -2.13. The number of fused-ring (bicyclic) bond motifs is 2. The van der Waals surface area contributed by atoms with E-state index >= 15 is 0 Å². The molecule has 6 aromatic carbocycles. The Labute approximate surface area is 295 Å². The van der Waals surface area contributed by atoms with E-state index in [0.29, 0.717) is 0 Å². The molecule has 50 heavy (non-hydrogen) atoms. The van der Waals surface area contributed by atoms with Crippen molar-refractivity contribution in [2.75, 3.05) is 13.6 Å². The highest BCUT2D eigenvalue weighted by Crippen LogP contribution is 2.43. The quantitative estimate of drug-likeness (QED) is 0.176. The van der Waals surface area contributed by atoms with E-state index in [1.165, 1.54) is 77.9 Å². The van der Waals surface area contributed by atoms with Gasteiger partial charge in [-0.15, -0.1) is 0 Å². The molecule has 9 rings (SSSR count). The molecule has 0 radical (unpaired) electrons. The first kappa shape index (κ1) is 30.1. The van der Waals surface area contributed by atoms with Gasteiger partial charge in [-0.25, -0.2) is 0 Å². The number of rotatable bonds is 6. The zero-order valence-electron chi connectivity index (χ0n) is 28.3. The van der Waals surface area contributed by atoms with Gasteiger partial charge in [-0.3, -0.25) is 4.99 Å². The minimum atomic E-state index is 0.809. The highest BCUT2D eigenvalue weighted by Gasteiger charge is 2.22. The zero-order valence-corrected chi connectivity index (χ0v) is 28.3. The second-order valence-corrected chi connectivity index (χ2v) is 13.6. The average Bonchev–Trinajstić information content (AvgIpc) is 3.62. The first-order valence-electron chi connectivity index (χ1n) is 17.7. The van der Waals surface area contributed by atoms with Crippen molar-refractivity contribution in [2.45, 2.75) is 19.3 Å². The Bertz CT molecular complexity index is 2340. The minimum absolute atomic E-state index is 0.809. The first-order valence-corrected chi connectivity index (χ1v) is 17.7. The molecule has 0 saturated carbocycles. The number of nitrogens with zero attached hydrogens (tertiary/aromatic N) is 2. The fourth-order valence-electron chi connectivity index (χ4n) is 7.61. The van der Waals surface area contributed by atoms with Crippen molar-refractivity contribution < 1.29 is 0 Å². The Balaban J connectivity index is 1.09. The highest BCUT2D eigenvalue weighted by atomic mass is 15.1. The minimum Gasteiger partial charge on any atom is -0.376 e. The van der Waals surface area contributed by atoms with Gasteiger partial charge in [0.1, 0.15) is 0 Å². The molecular formula is C48H38N2. The average molecular weight is 643 g/mol. The van der Waals surface area contributed by atoms with E-state index in [1.54, 1.807) is 0 Å². The third kappa shape index (κ3) is 5.73. The normalized spacial score (nSPS) is 14.6. The summed E-state index contributed by atoms with van der Waals surface area (Å²) in [5.41, 5.74) is 19.7. The van der Waals surface area contributed by atoms with Crippen LogP contribution >= 0.6 is 0 Å². The monoisotopic (exact) mass is 642 g/mol. The second-order valence-electron chi connectivity index (χ2n) is 13.6. The molecule has 0 amide bonds. The standard InChI is InChI=1S/C48H38N2/c1-50-28-8-13-41(32-50)35-16-24-39(25-17-35)46-30-42(36-18-22-38(23-19-36)45-15-7-12-37-11-5-6-14-44(37)45)29-43-31-47(49-48(43)46)40-26-20-34(21-27-40)33-9-3-2-4-10-33/h2-4,6-10,12-27,29-30,32H,5,11,28,31H2,1H3. The summed E-state index contributed by atoms with van der Waals surface area (Å²) in [6, 6.07) is 49.0. The summed E-state index contributed by atoms with van der Waals surface area (Å²) in [5.74, 6) is 0. The second kappa shape index (κ2) is 12.8. The van der Waals surface area contributed by atoms with Gasteiger partial charge >= 0.3 is 0 Å². The molecule has 2 heterocycles. The Morgan fingerprint density at radius 2 is 1.18 bits per heavy atom. The molecular weight excluding hydrogens is 605 g/mol. The third-order valence-corrected chi connectivity index (χ3v) is 10.3. The summed E-state index contributed by atoms with van der Waals surface area (Å²) in [6.07, 6.45) is 14.3. The van der Waals surface area contributed by atoms with E-state index in [2.05, 4.69) is 176 Å². The maximum Gasteiger partial charge on any atom is 0.0748 e. The van der Waals surface area contributed by atoms with Gasteiger partial charge in [0, 0.05) is 31.8 Å². The van der Waals surface area contributed by atoms with Crippen molar-refractivity contribution in [1.29, 1.82) is 0 Å². The van der Waals surface area contributed by atoms with E-state index in [4.69, 9.17) is 4.99 Å². The van der Waals surface area contributed by atoms with Gasteiger partial charge < -0.3 is 4.90 Å². The Kier molecular flexibility index (Phi) is 7.70. The summed E-state index contributed by atoms with van der Waals surface area (Å²) in [6.45, 7) is 0.946. The fraction of sp³-hybridized carbons (Fsp3) is 0.104. The lowest BCUT2D eigenvalue weighted by Gasteiger charge is -2.18. The molecule has 0 fully saturated rings. The van der Waals surface area contributed by atoms with Crippen LogP contribution in [0.1, 0.15) is 34.2 Å². The molecule has 2 nitrogen and oxygen atoms in total. The summed E-state index contributed by atoms with van der Waals surface area (Å²) >= 11 is 0. The predicted octanol–water partition coefficient (Wildman–Crippen LogP) is 11.8. The van der Waals surface area contributed by atoms with E-state index in [-0.39, 0.29) is 0 Å². The Morgan fingerprint density at radius 3 is 1.94 bits per heavy atom. The van der Waals surface area contributed by atoms with Gasteiger partial charge in [0.15, 0.2) is 0 Å². The lowest BCUT2D eigenvalue weighted by atomic mass is 9.89. The maximum absolute atomic E-state index is 5.33. The summed E-state index contributed by atoms with van der Waals surface area (Å²) in [7, 11) is 2.12. The molecule has 6 aromatic rings.